The van der Waals surface area contributed by atoms with Crippen molar-refractivity contribution >= 4 is 22.7 Å². The van der Waals surface area contributed by atoms with Crippen LogP contribution in [0.4, 0.5) is 5.69 Å². The zero-order valence-electron chi connectivity index (χ0n) is 13.6. The van der Waals surface area contributed by atoms with E-state index in [1.807, 2.05) is 12.1 Å². The first-order valence-electron chi connectivity index (χ1n) is 8.35. The monoisotopic (exact) mass is 338 g/mol. The third-order valence-electron chi connectivity index (χ3n) is 4.39. The quantitative estimate of drug-likeness (QED) is 0.766. The molecule has 0 spiro atoms. The molecule has 1 aliphatic rings. The Kier molecular flexibility index (Phi) is 4.01. The number of aromatic amines is 1. The molecule has 0 aliphatic heterocycles. The van der Waals surface area contributed by atoms with Crippen LogP contribution < -0.4 is 15.8 Å². The summed E-state index contributed by atoms with van der Waals surface area (Å²) in [4.78, 5) is 25.8. The molecule has 0 radical (unpaired) electrons. The van der Waals surface area contributed by atoms with Gasteiger partial charge in [0.2, 0.25) is 0 Å². The summed E-state index contributed by atoms with van der Waals surface area (Å²) >= 11 is 0. The summed E-state index contributed by atoms with van der Waals surface area (Å²) in [6, 6.07) is 11.0. The van der Waals surface area contributed by atoms with Crippen LogP contribution in [0.2, 0.25) is 0 Å². The molecule has 6 heteroatoms. The highest BCUT2D eigenvalue weighted by atomic mass is 16.5. The number of hydrogen-bond acceptors (Lipinski definition) is 4. The first-order chi connectivity index (χ1) is 12.2. The summed E-state index contributed by atoms with van der Waals surface area (Å²) in [5.74, 6) is -0.0671. The first kappa shape index (κ1) is 15.5. The van der Waals surface area contributed by atoms with Crippen LogP contribution in [-0.4, -0.2) is 17.5 Å². The van der Waals surface area contributed by atoms with E-state index in [9.17, 15) is 9.59 Å². The van der Waals surface area contributed by atoms with Crippen LogP contribution in [0.3, 0.4) is 0 Å². The Labute approximate surface area is 143 Å². The second-order valence-electron chi connectivity index (χ2n) is 6.20. The lowest BCUT2D eigenvalue weighted by atomic mass is 9.92. The van der Waals surface area contributed by atoms with Crippen molar-refractivity contribution in [3.05, 3.63) is 58.1 Å². The second-order valence-corrected chi connectivity index (χ2v) is 6.20. The van der Waals surface area contributed by atoms with Gasteiger partial charge >= 0.3 is 5.76 Å². The molecule has 25 heavy (non-hydrogen) atoms. The summed E-state index contributed by atoms with van der Waals surface area (Å²) in [7, 11) is 0. The van der Waals surface area contributed by atoms with Crippen molar-refractivity contribution in [2.24, 2.45) is 0 Å². The predicted octanol–water partition coefficient (Wildman–Crippen LogP) is 3.02. The van der Waals surface area contributed by atoms with Crippen molar-refractivity contribution in [1.82, 2.24) is 4.98 Å². The van der Waals surface area contributed by atoms with Crippen LogP contribution in [0.25, 0.3) is 11.1 Å². The molecule has 4 rings (SSSR count). The number of carbonyl (C=O) groups is 1. The van der Waals surface area contributed by atoms with E-state index in [1.165, 1.54) is 24.0 Å². The van der Waals surface area contributed by atoms with Crippen LogP contribution in [-0.2, 0) is 17.6 Å². The highest BCUT2D eigenvalue weighted by molar-refractivity contribution is 5.93. The van der Waals surface area contributed by atoms with Gasteiger partial charge in [-0.1, -0.05) is 6.07 Å². The van der Waals surface area contributed by atoms with Gasteiger partial charge < -0.3 is 14.5 Å². The smallest absolute Gasteiger partial charge is 0.417 e. The highest BCUT2D eigenvalue weighted by Crippen LogP contribution is 2.25. The number of ether oxygens (including phenoxy) is 1. The minimum absolute atomic E-state index is 0.0707. The fourth-order valence-corrected chi connectivity index (χ4v) is 3.18. The molecule has 0 saturated carbocycles. The summed E-state index contributed by atoms with van der Waals surface area (Å²) in [5, 5.41) is 2.75. The molecule has 6 nitrogen and oxygen atoms in total. The lowest BCUT2D eigenvalue weighted by molar-refractivity contribution is -0.118. The Morgan fingerprint density at radius 1 is 1.12 bits per heavy atom. The van der Waals surface area contributed by atoms with E-state index in [-0.39, 0.29) is 12.5 Å². The van der Waals surface area contributed by atoms with E-state index in [0.717, 1.165) is 12.8 Å². The van der Waals surface area contributed by atoms with E-state index >= 15 is 0 Å². The number of amides is 1. The zero-order valence-corrected chi connectivity index (χ0v) is 13.6. The summed E-state index contributed by atoms with van der Waals surface area (Å²) in [6.45, 7) is -0.0707. The molecule has 128 valence electrons. The maximum atomic E-state index is 12.1. The molecular weight excluding hydrogens is 320 g/mol. The molecule has 0 atom stereocenters. The molecule has 0 bridgehead atoms. The molecule has 3 aromatic rings. The molecule has 1 heterocycles. The number of H-pyrrole nitrogens is 1. The standard InChI is InChI=1S/C19H18N2O4/c22-18(20-14-6-8-17-16(10-14)21-19(23)25-17)11-24-15-7-5-12-3-1-2-4-13(12)9-15/h5-10H,1-4,11H2,(H,20,22)(H,21,23). The third kappa shape index (κ3) is 3.42. The summed E-state index contributed by atoms with van der Waals surface area (Å²) in [6.07, 6.45) is 4.63. The molecule has 2 aromatic carbocycles. The van der Waals surface area contributed by atoms with Gasteiger partial charge in [-0.3, -0.25) is 9.78 Å². The Balaban J connectivity index is 1.39. The van der Waals surface area contributed by atoms with Gasteiger partial charge in [0.1, 0.15) is 5.75 Å². The van der Waals surface area contributed by atoms with Crippen LogP contribution in [0.5, 0.6) is 5.75 Å². The molecule has 1 aromatic heterocycles. The first-order valence-corrected chi connectivity index (χ1v) is 8.35. The maximum absolute atomic E-state index is 12.1. The Hall–Kier alpha value is -3.02. The van der Waals surface area contributed by atoms with E-state index in [4.69, 9.17) is 9.15 Å². The summed E-state index contributed by atoms with van der Waals surface area (Å²) in [5.41, 5.74) is 4.26. The molecule has 1 amide bonds. The van der Waals surface area contributed by atoms with E-state index < -0.39 is 5.76 Å². The number of hydrogen-bond donors (Lipinski definition) is 2. The van der Waals surface area contributed by atoms with Gasteiger partial charge in [-0.2, -0.15) is 0 Å². The van der Waals surface area contributed by atoms with Gasteiger partial charge in [-0.25, -0.2) is 4.79 Å². The predicted molar refractivity (Wildman–Crippen MR) is 94.0 cm³/mol. The number of carbonyl (C=O) groups excluding carboxylic acids is 1. The fraction of sp³-hybridized carbons (Fsp3) is 0.263. The van der Waals surface area contributed by atoms with Crippen molar-refractivity contribution < 1.29 is 13.9 Å². The highest BCUT2D eigenvalue weighted by Gasteiger charge is 2.11. The number of aryl methyl sites for hydroxylation is 2. The second kappa shape index (κ2) is 6.47. The van der Waals surface area contributed by atoms with Crippen molar-refractivity contribution in [3.8, 4) is 5.75 Å². The average molecular weight is 338 g/mol. The van der Waals surface area contributed by atoms with E-state index in [2.05, 4.69) is 16.4 Å². The summed E-state index contributed by atoms with van der Waals surface area (Å²) < 4.78 is 10.5. The minimum atomic E-state index is -0.519. The molecule has 0 saturated heterocycles. The number of oxazole rings is 1. The Morgan fingerprint density at radius 2 is 1.96 bits per heavy atom. The number of anilines is 1. The van der Waals surface area contributed by atoms with Gasteiger partial charge in [0, 0.05) is 5.69 Å². The largest absolute Gasteiger partial charge is 0.484 e. The van der Waals surface area contributed by atoms with Gasteiger partial charge in [0.25, 0.3) is 5.91 Å². The lowest BCUT2D eigenvalue weighted by Gasteiger charge is -2.16. The topological polar surface area (TPSA) is 84.3 Å². The van der Waals surface area contributed by atoms with Gasteiger partial charge in [-0.15, -0.1) is 0 Å². The van der Waals surface area contributed by atoms with Gasteiger partial charge in [-0.05, 0) is 67.1 Å². The van der Waals surface area contributed by atoms with Crippen LogP contribution in [0.15, 0.2) is 45.6 Å². The minimum Gasteiger partial charge on any atom is -0.484 e. The van der Waals surface area contributed by atoms with Crippen LogP contribution in [0, 0.1) is 0 Å². The van der Waals surface area contributed by atoms with Crippen molar-refractivity contribution in [2.45, 2.75) is 25.7 Å². The average Bonchev–Trinajstić information content (AvgIpc) is 2.99. The van der Waals surface area contributed by atoms with E-state index in [1.54, 1.807) is 18.2 Å². The normalized spacial score (nSPS) is 13.4. The van der Waals surface area contributed by atoms with Gasteiger partial charge in [0.05, 0.1) is 5.52 Å². The molecule has 1 aliphatic carbocycles. The van der Waals surface area contributed by atoms with Crippen molar-refractivity contribution in [1.29, 1.82) is 0 Å². The maximum Gasteiger partial charge on any atom is 0.417 e. The third-order valence-corrected chi connectivity index (χ3v) is 4.39. The number of nitrogens with one attached hydrogen (secondary N) is 2. The zero-order chi connectivity index (χ0) is 17.2. The van der Waals surface area contributed by atoms with Crippen LogP contribution >= 0.6 is 0 Å². The molecule has 0 unspecified atom stereocenters. The van der Waals surface area contributed by atoms with Crippen molar-refractivity contribution in [3.63, 3.8) is 0 Å². The van der Waals surface area contributed by atoms with Crippen LogP contribution in [0.1, 0.15) is 24.0 Å². The molecule has 0 fully saturated rings. The van der Waals surface area contributed by atoms with Crippen molar-refractivity contribution in [2.75, 3.05) is 11.9 Å². The SMILES string of the molecule is O=C(COc1ccc2c(c1)CCCC2)Nc1ccc2oc(=O)[nH]c2c1. The fourth-order valence-electron chi connectivity index (χ4n) is 3.18. The van der Waals surface area contributed by atoms with Gasteiger partial charge in [0.15, 0.2) is 12.2 Å². The Bertz CT molecular complexity index is 986. The lowest BCUT2D eigenvalue weighted by Crippen LogP contribution is -2.20. The number of benzene rings is 2. The molecule has 2 N–H and O–H groups in total. The number of fused-ring (bicyclic) bond motifs is 2. The molecular formula is C19H18N2O4. The number of rotatable bonds is 4. The Morgan fingerprint density at radius 3 is 2.84 bits per heavy atom. The van der Waals surface area contributed by atoms with E-state index in [0.29, 0.717) is 22.5 Å². The number of aromatic nitrogens is 1.